The van der Waals surface area contributed by atoms with Crippen LogP contribution in [-0.2, 0) is 6.54 Å². The molecule has 1 heterocycles. The fourth-order valence-electron chi connectivity index (χ4n) is 2.66. The maximum Gasteiger partial charge on any atom is 0.0815 e. The van der Waals surface area contributed by atoms with E-state index in [2.05, 4.69) is 50.0 Å². The minimum absolute atomic E-state index is 0.602. The van der Waals surface area contributed by atoms with Crippen molar-refractivity contribution in [3.63, 3.8) is 0 Å². The molecule has 0 bridgehead atoms. The summed E-state index contributed by atoms with van der Waals surface area (Å²) in [5.41, 5.74) is 2.02. The van der Waals surface area contributed by atoms with Crippen molar-refractivity contribution in [2.24, 2.45) is 0 Å². The summed E-state index contributed by atoms with van der Waals surface area (Å²) < 4.78 is 3.27. The van der Waals surface area contributed by atoms with Crippen LogP contribution in [0.2, 0.25) is 5.02 Å². The third kappa shape index (κ3) is 3.28. The number of halogens is 2. The number of nitrogens with one attached hydrogen (secondary N) is 1. The Hall–Kier alpha value is -0.750. The number of hydrogen-bond acceptors (Lipinski definition) is 2. The zero-order valence-corrected chi connectivity index (χ0v) is 14.1. The molecule has 1 N–H and O–H groups in total. The predicted octanol–water partition coefficient (Wildman–Crippen LogP) is 4.87. The second-order valence-corrected chi connectivity index (χ2v) is 6.86. The van der Waals surface area contributed by atoms with Gasteiger partial charge in [-0.1, -0.05) is 24.4 Å². The molecule has 1 saturated carbocycles. The highest BCUT2D eigenvalue weighted by molar-refractivity contribution is 14.1. The molecular weight excluding hydrogens is 385 g/mol. The van der Waals surface area contributed by atoms with Gasteiger partial charge in [-0.3, -0.25) is 4.68 Å². The van der Waals surface area contributed by atoms with Gasteiger partial charge in [-0.15, -0.1) is 0 Å². The first-order valence-corrected chi connectivity index (χ1v) is 8.41. The van der Waals surface area contributed by atoms with Crippen molar-refractivity contribution in [3.05, 3.63) is 44.7 Å². The van der Waals surface area contributed by atoms with E-state index in [0.29, 0.717) is 12.6 Å². The van der Waals surface area contributed by atoms with Crippen molar-refractivity contribution < 1.29 is 0 Å². The van der Waals surface area contributed by atoms with Crippen LogP contribution in [0.5, 0.6) is 0 Å². The Morgan fingerprint density at radius 1 is 1.30 bits per heavy atom. The van der Waals surface area contributed by atoms with Gasteiger partial charge in [0.15, 0.2) is 0 Å². The highest BCUT2D eigenvalue weighted by atomic mass is 127. The monoisotopic (exact) mass is 401 g/mol. The van der Waals surface area contributed by atoms with Gasteiger partial charge in [0.25, 0.3) is 0 Å². The number of aromatic nitrogens is 2. The molecule has 0 spiro atoms. The second-order valence-electron chi connectivity index (χ2n) is 5.20. The molecule has 2 aromatic rings. The number of nitrogens with zero attached hydrogens (tertiary/aromatic N) is 2. The zero-order chi connectivity index (χ0) is 13.9. The van der Waals surface area contributed by atoms with Crippen molar-refractivity contribution in [1.29, 1.82) is 0 Å². The molecule has 1 aliphatic carbocycles. The third-order valence-electron chi connectivity index (χ3n) is 3.75. The minimum Gasteiger partial charge on any atom is -0.378 e. The summed E-state index contributed by atoms with van der Waals surface area (Å²) in [4.78, 5) is 0. The molecular formula is C15H17ClIN3. The molecule has 0 aliphatic heterocycles. The molecule has 1 aromatic carbocycles. The molecule has 0 radical (unpaired) electrons. The van der Waals surface area contributed by atoms with Crippen LogP contribution >= 0.6 is 34.2 Å². The van der Waals surface area contributed by atoms with Gasteiger partial charge >= 0.3 is 0 Å². The quantitative estimate of drug-likeness (QED) is 0.741. The smallest absolute Gasteiger partial charge is 0.0815 e. The lowest BCUT2D eigenvalue weighted by atomic mass is 10.3. The van der Waals surface area contributed by atoms with Crippen LogP contribution < -0.4 is 5.32 Å². The number of benzene rings is 1. The Bertz CT molecular complexity index is 591. The van der Waals surface area contributed by atoms with Gasteiger partial charge in [-0.25, -0.2) is 0 Å². The topological polar surface area (TPSA) is 29.9 Å². The first-order chi connectivity index (χ1) is 9.72. The summed E-state index contributed by atoms with van der Waals surface area (Å²) in [6.45, 7) is 0.708. The molecule has 1 aromatic heterocycles. The highest BCUT2D eigenvalue weighted by Crippen LogP contribution is 2.29. The zero-order valence-electron chi connectivity index (χ0n) is 11.1. The van der Waals surface area contributed by atoms with Gasteiger partial charge in [-0.2, -0.15) is 5.10 Å². The normalized spacial score (nSPS) is 15.7. The van der Waals surface area contributed by atoms with Gasteiger partial charge in [0, 0.05) is 9.77 Å². The highest BCUT2D eigenvalue weighted by Gasteiger charge is 2.17. The Balaban J connectivity index is 1.63. The molecule has 20 heavy (non-hydrogen) atoms. The fraction of sp³-hybridized carbons (Fsp3) is 0.400. The van der Waals surface area contributed by atoms with E-state index in [9.17, 15) is 0 Å². The molecule has 106 valence electrons. The maximum atomic E-state index is 6.21. The van der Waals surface area contributed by atoms with Crippen LogP contribution in [0.4, 0.5) is 5.69 Å². The lowest BCUT2D eigenvalue weighted by Gasteiger charge is -2.09. The summed E-state index contributed by atoms with van der Waals surface area (Å²) in [6.07, 6.45) is 7.28. The Morgan fingerprint density at radius 3 is 2.85 bits per heavy atom. The van der Waals surface area contributed by atoms with Crippen LogP contribution in [0.3, 0.4) is 0 Å². The van der Waals surface area contributed by atoms with Crippen LogP contribution in [0.1, 0.15) is 37.4 Å². The van der Waals surface area contributed by atoms with Crippen molar-refractivity contribution in [3.8, 4) is 0 Å². The average molecular weight is 402 g/mol. The van der Waals surface area contributed by atoms with Crippen LogP contribution in [-0.4, -0.2) is 9.78 Å². The Kier molecular flexibility index (Phi) is 4.51. The van der Waals surface area contributed by atoms with Gasteiger partial charge in [0.2, 0.25) is 0 Å². The average Bonchev–Trinajstić information content (AvgIpc) is 3.08. The van der Waals surface area contributed by atoms with E-state index in [1.54, 1.807) is 0 Å². The van der Waals surface area contributed by atoms with Crippen LogP contribution in [0, 0.1) is 3.57 Å². The van der Waals surface area contributed by atoms with E-state index in [1.807, 2.05) is 18.2 Å². The summed E-state index contributed by atoms with van der Waals surface area (Å²) in [5, 5.41) is 8.77. The van der Waals surface area contributed by atoms with E-state index in [1.165, 1.54) is 25.7 Å². The molecule has 3 rings (SSSR count). The maximum absolute atomic E-state index is 6.21. The summed E-state index contributed by atoms with van der Waals surface area (Å²) in [7, 11) is 0. The van der Waals surface area contributed by atoms with Crippen molar-refractivity contribution in [2.45, 2.75) is 38.3 Å². The van der Waals surface area contributed by atoms with E-state index >= 15 is 0 Å². The second kappa shape index (κ2) is 6.35. The molecule has 0 amide bonds. The van der Waals surface area contributed by atoms with Crippen molar-refractivity contribution >= 4 is 39.9 Å². The van der Waals surface area contributed by atoms with E-state index in [0.717, 1.165) is 20.0 Å². The molecule has 3 nitrogen and oxygen atoms in total. The van der Waals surface area contributed by atoms with E-state index in [-0.39, 0.29) is 0 Å². The molecule has 0 saturated heterocycles. The predicted molar refractivity (Wildman–Crippen MR) is 91.2 cm³/mol. The lowest BCUT2D eigenvalue weighted by Crippen LogP contribution is -2.07. The molecule has 1 fully saturated rings. The van der Waals surface area contributed by atoms with Gasteiger partial charge in [0.05, 0.1) is 29.0 Å². The molecule has 0 atom stereocenters. The molecule has 5 heteroatoms. The number of anilines is 1. The van der Waals surface area contributed by atoms with Crippen LogP contribution in [0.15, 0.2) is 30.5 Å². The minimum atomic E-state index is 0.602. The number of hydrogen-bond donors (Lipinski definition) is 1. The van der Waals surface area contributed by atoms with Gasteiger partial charge < -0.3 is 5.32 Å². The summed E-state index contributed by atoms with van der Waals surface area (Å²) in [5.74, 6) is 0. The lowest BCUT2D eigenvalue weighted by molar-refractivity contribution is 0.463. The first kappa shape index (κ1) is 14.2. The Morgan fingerprint density at radius 2 is 2.10 bits per heavy atom. The standard InChI is InChI=1S/C15H17ClIN3/c16-14-9-11(17)5-6-15(14)18-10-12-7-8-20(19-12)13-3-1-2-4-13/h5-9,13,18H,1-4,10H2. The first-order valence-electron chi connectivity index (χ1n) is 6.95. The Labute approximate surface area is 137 Å². The van der Waals surface area contributed by atoms with Gasteiger partial charge in [-0.05, 0) is 59.7 Å². The number of rotatable bonds is 4. The van der Waals surface area contributed by atoms with Gasteiger partial charge in [0.1, 0.15) is 0 Å². The SMILES string of the molecule is Clc1cc(I)ccc1NCc1ccn(C2CCCC2)n1. The van der Waals surface area contributed by atoms with Crippen molar-refractivity contribution in [1.82, 2.24) is 9.78 Å². The molecule has 0 unspecified atom stereocenters. The third-order valence-corrected chi connectivity index (χ3v) is 4.74. The molecule has 1 aliphatic rings. The summed E-state index contributed by atoms with van der Waals surface area (Å²) in [6, 6.07) is 8.71. The fourth-order valence-corrected chi connectivity index (χ4v) is 3.59. The summed E-state index contributed by atoms with van der Waals surface area (Å²) >= 11 is 8.47. The largest absolute Gasteiger partial charge is 0.378 e. The van der Waals surface area contributed by atoms with Crippen LogP contribution in [0.25, 0.3) is 0 Å². The van der Waals surface area contributed by atoms with Crippen molar-refractivity contribution in [2.75, 3.05) is 5.32 Å². The van der Waals surface area contributed by atoms with E-state index < -0.39 is 0 Å². The van der Waals surface area contributed by atoms with E-state index in [4.69, 9.17) is 11.6 Å².